The van der Waals surface area contributed by atoms with E-state index < -0.39 is 0 Å². The summed E-state index contributed by atoms with van der Waals surface area (Å²) in [6, 6.07) is 15.8. The van der Waals surface area contributed by atoms with Crippen LogP contribution in [0.3, 0.4) is 0 Å². The van der Waals surface area contributed by atoms with Crippen molar-refractivity contribution in [3.8, 4) is 0 Å². The van der Waals surface area contributed by atoms with Gasteiger partial charge in [-0.2, -0.15) is 0 Å². The van der Waals surface area contributed by atoms with Crippen LogP contribution in [0, 0.1) is 16.0 Å². The van der Waals surface area contributed by atoms with Crippen molar-refractivity contribution < 1.29 is 4.92 Å². The minimum atomic E-state index is -0.331. The molecule has 0 bridgehead atoms. The van der Waals surface area contributed by atoms with Crippen molar-refractivity contribution in [3.05, 3.63) is 75.3 Å². The zero-order chi connectivity index (χ0) is 14.8. The van der Waals surface area contributed by atoms with Crippen molar-refractivity contribution in [3.63, 3.8) is 0 Å². The summed E-state index contributed by atoms with van der Waals surface area (Å²) < 4.78 is 0. The van der Waals surface area contributed by atoms with Crippen LogP contribution >= 0.6 is 0 Å². The van der Waals surface area contributed by atoms with E-state index in [0.717, 1.165) is 18.4 Å². The number of benzene rings is 2. The monoisotopic (exact) mass is 282 g/mol. The summed E-state index contributed by atoms with van der Waals surface area (Å²) in [7, 11) is 1.98. The summed E-state index contributed by atoms with van der Waals surface area (Å²) in [4.78, 5) is 10.6. The molecule has 0 radical (unpaired) electrons. The molecule has 0 spiro atoms. The lowest BCUT2D eigenvalue weighted by Gasteiger charge is -2.20. The van der Waals surface area contributed by atoms with Crippen LogP contribution in [0.15, 0.2) is 48.5 Å². The topological polar surface area (TPSA) is 55.2 Å². The first-order chi connectivity index (χ1) is 10.2. The fraction of sp³-hybridized carbons (Fsp3) is 0.294. The highest BCUT2D eigenvalue weighted by atomic mass is 16.6. The quantitative estimate of drug-likeness (QED) is 0.691. The van der Waals surface area contributed by atoms with Crippen molar-refractivity contribution in [1.29, 1.82) is 0 Å². The van der Waals surface area contributed by atoms with Crippen LogP contribution in [0.25, 0.3) is 0 Å². The first kappa shape index (κ1) is 13.8. The fourth-order valence-corrected chi connectivity index (χ4v) is 3.36. The fourth-order valence-electron chi connectivity index (χ4n) is 3.36. The molecule has 21 heavy (non-hydrogen) atoms. The third-order valence-corrected chi connectivity index (χ3v) is 4.27. The first-order valence-electron chi connectivity index (χ1n) is 7.17. The largest absolute Gasteiger partial charge is 0.313 e. The van der Waals surface area contributed by atoms with E-state index in [0.29, 0.717) is 12.0 Å². The molecule has 4 heteroatoms. The molecule has 0 saturated heterocycles. The van der Waals surface area contributed by atoms with Crippen molar-refractivity contribution in [1.82, 2.24) is 5.32 Å². The van der Waals surface area contributed by atoms with Crippen LogP contribution in [0.4, 0.5) is 5.69 Å². The molecule has 1 aliphatic carbocycles. The predicted molar refractivity (Wildman–Crippen MR) is 82.2 cm³/mol. The summed E-state index contributed by atoms with van der Waals surface area (Å²) in [5.41, 5.74) is 3.94. The maximum atomic E-state index is 10.9. The van der Waals surface area contributed by atoms with Crippen LogP contribution < -0.4 is 5.32 Å². The molecule has 2 aromatic carbocycles. The van der Waals surface area contributed by atoms with Gasteiger partial charge in [0.2, 0.25) is 0 Å². The van der Waals surface area contributed by atoms with E-state index in [-0.39, 0.29) is 10.6 Å². The van der Waals surface area contributed by atoms with Crippen LogP contribution in [0.2, 0.25) is 0 Å². The normalized spacial score (nSPS) is 20.2. The maximum absolute atomic E-state index is 10.9. The standard InChI is InChI=1S/C17H18N2O2/c1-18-17-14(11-13-6-2-3-8-16(13)17)9-12-5-4-7-15(10-12)19(20)21/h2-8,10,14,17-18H,9,11H2,1H3. The van der Waals surface area contributed by atoms with Crippen molar-refractivity contribution >= 4 is 5.69 Å². The molecule has 0 aliphatic heterocycles. The summed E-state index contributed by atoms with van der Waals surface area (Å²) in [5, 5.41) is 14.3. The van der Waals surface area contributed by atoms with Gasteiger partial charge in [0.1, 0.15) is 0 Å². The Kier molecular flexibility index (Phi) is 3.71. The molecule has 108 valence electrons. The zero-order valence-corrected chi connectivity index (χ0v) is 12.0. The highest BCUT2D eigenvalue weighted by Crippen LogP contribution is 2.37. The second-order valence-corrected chi connectivity index (χ2v) is 5.56. The lowest BCUT2D eigenvalue weighted by molar-refractivity contribution is -0.384. The molecular formula is C17H18N2O2. The molecule has 0 saturated carbocycles. The number of nitro benzene ring substituents is 1. The van der Waals surface area contributed by atoms with Crippen molar-refractivity contribution in [2.24, 2.45) is 5.92 Å². The van der Waals surface area contributed by atoms with Crippen LogP contribution in [0.5, 0.6) is 0 Å². The minimum Gasteiger partial charge on any atom is -0.313 e. The summed E-state index contributed by atoms with van der Waals surface area (Å²) in [5.74, 6) is 0.439. The van der Waals surface area contributed by atoms with E-state index in [1.807, 2.05) is 13.1 Å². The number of nitrogens with zero attached hydrogens (tertiary/aromatic N) is 1. The minimum absolute atomic E-state index is 0.170. The molecule has 0 fully saturated rings. The lowest BCUT2D eigenvalue weighted by atomic mass is 9.93. The molecule has 1 N–H and O–H groups in total. The Morgan fingerprint density at radius 3 is 2.81 bits per heavy atom. The third-order valence-electron chi connectivity index (χ3n) is 4.27. The van der Waals surface area contributed by atoms with Gasteiger partial charge in [-0.1, -0.05) is 36.4 Å². The van der Waals surface area contributed by atoms with Gasteiger partial charge in [0.15, 0.2) is 0 Å². The van der Waals surface area contributed by atoms with E-state index in [1.165, 1.54) is 11.1 Å². The summed E-state index contributed by atoms with van der Waals surface area (Å²) in [6.45, 7) is 0. The number of nitrogens with one attached hydrogen (secondary N) is 1. The lowest BCUT2D eigenvalue weighted by Crippen LogP contribution is -2.23. The second-order valence-electron chi connectivity index (χ2n) is 5.56. The Balaban J connectivity index is 1.83. The number of hydrogen-bond acceptors (Lipinski definition) is 3. The number of fused-ring (bicyclic) bond motifs is 1. The second kappa shape index (κ2) is 5.66. The van der Waals surface area contributed by atoms with Gasteiger partial charge in [-0.25, -0.2) is 0 Å². The van der Waals surface area contributed by atoms with Gasteiger partial charge in [0, 0.05) is 18.2 Å². The van der Waals surface area contributed by atoms with Gasteiger partial charge in [-0.15, -0.1) is 0 Å². The molecular weight excluding hydrogens is 264 g/mol. The molecule has 2 aromatic rings. The number of non-ortho nitro benzene ring substituents is 1. The van der Waals surface area contributed by atoms with E-state index in [1.54, 1.807) is 18.2 Å². The van der Waals surface area contributed by atoms with Gasteiger partial charge in [0.05, 0.1) is 4.92 Å². The van der Waals surface area contributed by atoms with Gasteiger partial charge in [-0.05, 0) is 42.5 Å². The van der Waals surface area contributed by atoms with Crippen LogP contribution in [-0.2, 0) is 12.8 Å². The zero-order valence-electron chi connectivity index (χ0n) is 12.0. The van der Waals surface area contributed by atoms with E-state index in [4.69, 9.17) is 0 Å². The number of nitro groups is 1. The van der Waals surface area contributed by atoms with E-state index in [2.05, 4.69) is 29.6 Å². The predicted octanol–water partition coefficient (Wildman–Crippen LogP) is 3.27. The van der Waals surface area contributed by atoms with Gasteiger partial charge in [-0.3, -0.25) is 10.1 Å². The van der Waals surface area contributed by atoms with Gasteiger partial charge in [0.25, 0.3) is 5.69 Å². The highest BCUT2D eigenvalue weighted by Gasteiger charge is 2.31. The van der Waals surface area contributed by atoms with E-state index in [9.17, 15) is 10.1 Å². The average Bonchev–Trinajstić information content (AvgIpc) is 2.84. The highest BCUT2D eigenvalue weighted by molar-refractivity contribution is 5.38. The molecule has 2 atom stereocenters. The maximum Gasteiger partial charge on any atom is 0.269 e. The molecule has 2 unspecified atom stereocenters. The molecule has 0 aromatic heterocycles. The van der Waals surface area contributed by atoms with Gasteiger partial charge < -0.3 is 5.32 Å². The van der Waals surface area contributed by atoms with Crippen LogP contribution in [-0.4, -0.2) is 12.0 Å². The van der Waals surface area contributed by atoms with Gasteiger partial charge >= 0.3 is 0 Å². The Bertz CT molecular complexity index is 669. The Hall–Kier alpha value is -2.20. The molecule has 0 heterocycles. The average molecular weight is 282 g/mol. The summed E-state index contributed by atoms with van der Waals surface area (Å²) in [6.07, 6.45) is 1.87. The SMILES string of the molecule is CNC1c2ccccc2CC1Cc1cccc([N+](=O)[O-])c1. The Morgan fingerprint density at radius 1 is 1.24 bits per heavy atom. The number of hydrogen-bond donors (Lipinski definition) is 1. The Labute approximate surface area is 124 Å². The molecule has 3 rings (SSSR count). The molecule has 0 amide bonds. The Morgan fingerprint density at radius 2 is 2.05 bits per heavy atom. The summed E-state index contributed by atoms with van der Waals surface area (Å²) >= 11 is 0. The number of rotatable bonds is 4. The van der Waals surface area contributed by atoms with Crippen LogP contribution in [0.1, 0.15) is 22.7 Å². The van der Waals surface area contributed by atoms with E-state index >= 15 is 0 Å². The smallest absolute Gasteiger partial charge is 0.269 e. The first-order valence-corrected chi connectivity index (χ1v) is 7.17. The van der Waals surface area contributed by atoms with Crippen molar-refractivity contribution in [2.45, 2.75) is 18.9 Å². The molecule has 4 nitrogen and oxygen atoms in total. The molecule has 1 aliphatic rings. The third kappa shape index (κ3) is 2.67. The van der Waals surface area contributed by atoms with Crippen molar-refractivity contribution in [2.75, 3.05) is 7.05 Å².